The smallest absolute Gasteiger partial charge is 0.147 e. The number of fused-ring (bicyclic) bond motifs is 1. The largest absolute Gasteiger partial charge is 0.373 e. The van der Waals surface area contributed by atoms with Crippen LogP contribution in [0.4, 0.5) is 11.4 Å². The third-order valence-corrected chi connectivity index (χ3v) is 4.39. The quantitative estimate of drug-likeness (QED) is 0.828. The van der Waals surface area contributed by atoms with E-state index in [0.717, 1.165) is 26.1 Å². The van der Waals surface area contributed by atoms with Gasteiger partial charge in [0.25, 0.3) is 0 Å². The van der Waals surface area contributed by atoms with Crippen LogP contribution in [-0.4, -0.2) is 45.7 Å². The van der Waals surface area contributed by atoms with Crippen LogP contribution in [0.1, 0.15) is 19.8 Å². The van der Waals surface area contributed by atoms with E-state index in [1.54, 1.807) is 0 Å². The zero-order valence-electron chi connectivity index (χ0n) is 12.4. The molecule has 1 aromatic rings. The first kappa shape index (κ1) is 13.7. The van der Waals surface area contributed by atoms with E-state index in [2.05, 4.69) is 48.0 Å². The van der Waals surface area contributed by atoms with Crippen molar-refractivity contribution >= 4 is 11.4 Å². The van der Waals surface area contributed by atoms with Crippen molar-refractivity contribution in [2.24, 2.45) is 0 Å². The average Bonchev–Trinajstić information content (AvgIpc) is 2.61. The summed E-state index contributed by atoms with van der Waals surface area (Å²) in [5.74, 6) is 0. The number of anilines is 2. The average molecular weight is 276 g/mol. The molecule has 0 amide bonds. The molecule has 110 valence electrons. The van der Waals surface area contributed by atoms with Crippen LogP contribution in [0, 0.1) is 0 Å². The normalized spacial score (nSPS) is 27.1. The van der Waals surface area contributed by atoms with Crippen LogP contribution in [0.2, 0.25) is 0 Å². The SMILES string of the molecule is C[C@H]1CCN(C)c2ccccc2N1C[C@H]1CCOCO1. The molecule has 2 aliphatic heterocycles. The second-order valence-electron chi connectivity index (χ2n) is 5.80. The molecule has 1 saturated heterocycles. The molecule has 3 rings (SSSR count). The highest BCUT2D eigenvalue weighted by Crippen LogP contribution is 2.34. The van der Waals surface area contributed by atoms with Crippen LogP contribution < -0.4 is 9.80 Å². The lowest BCUT2D eigenvalue weighted by Gasteiger charge is -2.35. The molecule has 0 radical (unpaired) electrons. The molecule has 0 N–H and O–H groups in total. The molecule has 1 aromatic carbocycles. The zero-order valence-corrected chi connectivity index (χ0v) is 12.4. The summed E-state index contributed by atoms with van der Waals surface area (Å²) in [4.78, 5) is 4.87. The van der Waals surface area contributed by atoms with Gasteiger partial charge >= 0.3 is 0 Å². The van der Waals surface area contributed by atoms with E-state index in [-0.39, 0.29) is 6.10 Å². The molecular weight excluding hydrogens is 252 g/mol. The van der Waals surface area contributed by atoms with Gasteiger partial charge in [-0.25, -0.2) is 0 Å². The van der Waals surface area contributed by atoms with Crippen LogP contribution in [0.25, 0.3) is 0 Å². The van der Waals surface area contributed by atoms with Crippen molar-refractivity contribution < 1.29 is 9.47 Å². The maximum atomic E-state index is 5.73. The van der Waals surface area contributed by atoms with Crippen LogP contribution in [0.3, 0.4) is 0 Å². The molecular formula is C16H24N2O2. The maximum Gasteiger partial charge on any atom is 0.147 e. The monoisotopic (exact) mass is 276 g/mol. The van der Waals surface area contributed by atoms with E-state index in [4.69, 9.17) is 9.47 Å². The molecule has 0 aromatic heterocycles. The first-order chi connectivity index (χ1) is 9.75. The summed E-state index contributed by atoms with van der Waals surface area (Å²) in [5.41, 5.74) is 2.65. The van der Waals surface area contributed by atoms with Gasteiger partial charge in [-0.2, -0.15) is 0 Å². The predicted molar refractivity (Wildman–Crippen MR) is 81.4 cm³/mol. The number of ether oxygens (including phenoxy) is 2. The highest BCUT2D eigenvalue weighted by Gasteiger charge is 2.26. The van der Waals surface area contributed by atoms with Crippen molar-refractivity contribution in [2.75, 3.05) is 43.3 Å². The summed E-state index contributed by atoms with van der Waals surface area (Å²) in [6.07, 6.45) is 2.44. The second-order valence-corrected chi connectivity index (χ2v) is 5.80. The van der Waals surface area contributed by atoms with Gasteiger partial charge in [-0.3, -0.25) is 0 Å². The molecule has 0 aliphatic carbocycles. The van der Waals surface area contributed by atoms with Crippen molar-refractivity contribution in [1.29, 1.82) is 0 Å². The van der Waals surface area contributed by atoms with Gasteiger partial charge in [-0.05, 0) is 31.9 Å². The number of nitrogens with zero attached hydrogens (tertiary/aromatic N) is 2. The topological polar surface area (TPSA) is 24.9 Å². The van der Waals surface area contributed by atoms with Gasteiger partial charge in [-0.1, -0.05) is 12.1 Å². The van der Waals surface area contributed by atoms with Gasteiger partial charge in [-0.15, -0.1) is 0 Å². The first-order valence-electron chi connectivity index (χ1n) is 7.52. The van der Waals surface area contributed by atoms with Crippen LogP contribution in [0.5, 0.6) is 0 Å². The Bertz CT molecular complexity index is 446. The fourth-order valence-corrected chi connectivity index (χ4v) is 3.07. The van der Waals surface area contributed by atoms with E-state index in [9.17, 15) is 0 Å². The van der Waals surface area contributed by atoms with Crippen molar-refractivity contribution in [3.8, 4) is 0 Å². The third kappa shape index (κ3) is 2.76. The minimum atomic E-state index is 0.280. The summed E-state index contributed by atoms with van der Waals surface area (Å²) in [6, 6.07) is 9.22. The molecule has 4 nitrogen and oxygen atoms in total. The standard InChI is InChI=1S/C16H24N2O2/c1-13-7-9-17(2)15-5-3-4-6-16(15)18(13)11-14-8-10-19-12-20-14/h3-6,13-14H,7-12H2,1-2H3/t13-,14+/m0/s1. The van der Waals surface area contributed by atoms with E-state index < -0.39 is 0 Å². The second kappa shape index (κ2) is 6.02. The minimum absolute atomic E-state index is 0.280. The molecule has 0 unspecified atom stereocenters. The lowest BCUT2D eigenvalue weighted by molar-refractivity contribution is -0.135. The Labute approximate surface area is 121 Å². The van der Waals surface area contributed by atoms with Gasteiger partial charge in [0.1, 0.15) is 6.79 Å². The van der Waals surface area contributed by atoms with Crippen molar-refractivity contribution in [3.63, 3.8) is 0 Å². The van der Waals surface area contributed by atoms with Crippen molar-refractivity contribution in [3.05, 3.63) is 24.3 Å². The number of benzene rings is 1. The maximum absolute atomic E-state index is 5.73. The van der Waals surface area contributed by atoms with Gasteiger partial charge in [0, 0.05) is 26.2 Å². The van der Waals surface area contributed by atoms with E-state index in [0.29, 0.717) is 12.8 Å². The minimum Gasteiger partial charge on any atom is -0.373 e. The molecule has 0 spiro atoms. The van der Waals surface area contributed by atoms with Gasteiger partial charge < -0.3 is 19.3 Å². The summed E-state index contributed by atoms with van der Waals surface area (Å²) >= 11 is 0. The number of hydrogen-bond acceptors (Lipinski definition) is 4. The van der Waals surface area contributed by atoms with Crippen LogP contribution in [0.15, 0.2) is 24.3 Å². The number of rotatable bonds is 2. The Balaban J connectivity index is 1.84. The number of para-hydroxylation sites is 2. The molecule has 0 saturated carbocycles. The lowest BCUT2D eigenvalue weighted by Crippen LogP contribution is -2.42. The van der Waals surface area contributed by atoms with Crippen molar-refractivity contribution in [2.45, 2.75) is 31.9 Å². The number of hydrogen-bond donors (Lipinski definition) is 0. The van der Waals surface area contributed by atoms with Gasteiger partial charge in [0.05, 0.1) is 24.1 Å². The summed E-state index contributed by atoms with van der Waals surface area (Å²) < 4.78 is 11.0. The van der Waals surface area contributed by atoms with Gasteiger partial charge in [0.2, 0.25) is 0 Å². The van der Waals surface area contributed by atoms with Crippen LogP contribution >= 0.6 is 0 Å². The summed E-state index contributed by atoms with van der Waals surface area (Å²) in [5, 5.41) is 0. The Morgan fingerprint density at radius 1 is 1.20 bits per heavy atom. The molecule has 2 atom stereocenters. The molecule has 0 bridgehead atoms. The Morgan fingerprint density at radius 3 is 2.75 bits per heavy atom. The van der Waals surface area contributed by atoms with Crippen molar-refractivity contribution in [1.82, 2.24) is 0 Å². The molecule has 1 fully saturated rings. The Hall–Kier alpha value is -1.26. The Kier molecular flexibility index (Phi) is 4.13. The first-order valence-corrected chi connectivity index (χ1v) is 7.52. The highest BCUT2D eigenvalue weighted by molar-refractivity contribution is 5.72. The fourth-order valence-electron chi connectivity index (χ4n) is 3.07. The van der Waals surface area contributed by atoms with E-state index in [1.807, 2.05) is 0 Å². The predicted octanol–water partition coefficient (Wildman–Crippen LogP) is 2.48. The van der Waals surface area contributed by atoms with Gasteiger partial charge in [0.15, 0.2) is 0 Å². The molecule has 20 heavy (non-hydrogen) atoms. The van der Waals surface area contributed by atoms with Crippen LogP contribution in [-0.2, 0) is 9.47 Å². The summed E-state index contributed by atoms with van der Waals surface area (Å²) in [7, 11) is 2.18. The molecule has 4 heteroatoms. The van der Waals surface area contributed by atoms with E-state index >= 15 is 0 Å². The highest BCUT2D eigenvalue weighted by atomic mass is 16.7. The molecule has 2 aliphatic rings. The fraction of sp³-hybridized carbons (Fsp3) is 0.625. The Morgan fingerprint density at radius 2 is 2.00 bits per heavy atom. The van der Waals surface area contributed by atoms with E-state index in [1.165, 1.54) is 17.8 Å². The summed E-state index contributed by atoms with van der Waals surface area (Å²) in [6.45, 7) is 5.62. The molecule has 2 heterocycles. The third-order valence-electron chi connectivity index (χ3n) is 4.39. The lowest BCUT2D eigenvalue weighted by atomic mass is 10.1. The zero-order chi connectivity index (χ0) is 13.9.